The van der Waals surface area contributed by atoms with Crippen LogP contribution in [0.4, 0.5) is 4.79 Å². The minimum absolute atomic E-state index is 0.0258. The Kier molecular flexibility index (Phi) is 6.48. The van der Waals surface area contributed by atoms with Gasteiger partial charge in [0, 0.05) is 30.4 Å². The number of hydrogen-bond donors (Lipinski definition) is 1. The summed E-state index contributed by atoms with van der Waals surface area (Å²) in [7, 11) is -1.61. The van der Waals surface area contributed by atoms with Gasteiger partial charge in [-0.15, -0.1) is 0 Å². The van der Waals surface area contributed by atoms with Crippen molar-refractivity contribution in [1.82, 2.24) is 5.32 Å². The number of ether oxygens (including phenoxy) is 1. The second kappa shape index (κ2) is 8.61. The van der Waals surface area contributed by atoms with Gasteiger partial charge in [-0.3, -0.25) is 0 Å². The number of carbonyl (C=O) groups excluding carboxylic acids is 1. The van der Waals surface area contributed by atoms with E-state index >= 15 is 0 Å². The summed E-state index contributed by atoms with van der Waals surface area (Å²) < 4.78 is 12.7. The molecule has 0 saturated heterocycles. The summed E-state index contributed by atoms with van der Waals surface area (Å²) in [5.74, 6) is 2.06. The fraction of sp³-hybridized carbons (Fsp3) is 0.815. The van der Waals surface area contributed by atoms with E-state index in [1.165, 1.54) is 25.7 Å². The van der Waals surface area contributed by atoms with Gasteiger partial charge in [0.05, 0.1) is 0 Å². The summed E-state index contributed by atoms with van der Waals surface area (Å²) in [5, 5.41) is 2.91. The molecule has 32 heavy (non-hydrogen) atoms. The molecule has 0 aliphatic heterocycles. The molecule has 4 nitrogen and oxygen atoms in total. The number of amides is 1. The molecule has 1 amide bonds. The van der Waals surface area contributed by atoms with Crippen LogP contribution in [-0.2, 0) is 9.16 Å². The lowest BCUT2D eigenvalue weighted by Crippen LogP contribution is -2.56. The molecule has 1 N–H and O–H groups in total. The highest BCUT2D eigenvalue weighted by Gasteiger charge is 2.65. The zero-order valence-electron chi connectivity index (χ0n) is 21.3. The van der Waals surface area contributed by atoms with Crippen LogP contribution in [-0.4, -0.2) is 33.2 Å². The molecule has 4 rings (SSSR count). The normalized spacial score (nSPS) is 40.7. The number of rotatable bonds is 6. The average molecular weight is 460 g/mol. The molecule has 0 aromatic carbocycles. The van der Waals surface area contributed by atoms with Gasteiger partial charge < -0.3 is 14.5 Å². The summed E-state index contributed by atoms with van der Waals surface area (Å²) in [5.41, 5.74) is 1.52. The number of nitrogens with one attached hydrogen (secondary N) is 1. The molecule has 4 aliphatic carbocycles. The van der Waals surface area contributed by atoms with E-state index in [1.54, 1.807) is 5.57 Å². The Balaban J connectivity index is 1.61. The van der Waals surface area contributed by atoms with Crippen molar-refractivity contribution in [2.45, 2.75) is 97.4 Å². The van der Waals surface area contributed by atoms with Gasteiger partial charge in [-0.2, -0.15) is 0 Å². The van der Waals surface area contributed by atoms with Crippen molar-refractivity contribution >= 4 is 14.4 Å². The van der Waals surface area contributed by atoms with Crippen LogP contribution in [0.3, 0.4) is 0 Å². The van der Waals surface area contributed by atoms with Crippen molar-refractivity contribution in [3.05, 3.63) is 23.8 Å². The Hall–Kier alpha value is -1.07. The summed E-state index contributed by atoms with van der Waals surface area (Å²) >= 11 is 0. The van der Waals surface area contributed by atoms with Gasteiger partial charge in [0.2, 0.25) is 0 Å². The monoisotopic (exact) mass is 459 g/mol. The molecule has 0 unspecified atom stereocenters. The largest absolute Gasteiger partial charge is 0.442 e. The van der Waals surface area contributed by atoms with Crippen LogP contribution >= 0.6 is 0 Å². The molecule has 0 aromatic heterocycles. The van der Waals surface area contributed by atoms with Crippen molar-refractivity contribution in [2.75, 3.05) is 13.2 Å². The van der Waals surface area contributed by atoms with E-state index in [0.29, 0.717) is 19.1 Å². The quantitative estimate of drug-likeness (QED) is 0.349. The first-order valence-electron chi connectivity index (χ1n) is 13.0. The van der Waals surface area contributed by atoms with Crippen LogP contribution in [0.25, 0.3) is 0 Å². The maximum atomic E-state index is 12.7. The number of carbonyl (C=O) groups is 1. The van der Waals surface area contributed by atoms with Crippen molar-refractivity contribution in [3.8, 4) is 0 Å². The second-order valence-electron chi connectivity index (χ2n) is 12.2. The Morgan fingerprint density at radius 3 is 2.62 bits per heavy atom. The second-order valence-corrected chi connectivity index (χ2v) is 16.7. The molecule has 0 bridgehead atoms. The highest BCUT2D eigenvalue weighted by Crippen LogP contribution is 2.68. The molecule has 0 heterocycles. The molecule has 6 atom stereocenters. The van der Waals surface area contributed by atoms with Gasteiger partial charge in [0.25, 0.3) is 0 Å². The van der Waals surface area contributed by atoms with E-state index in [1.807, 2.05) is 6.92 Å². The minimum Gasteiger partial charge on any atom is -0.442 e. The number of fused-ring (bicyclic) bond motifs is 5. The molecule has 0 radical (unpaired) electrons. The molecule has 0 aromatic rings. The molecule has 5 heteroatoms. The Bertz CT molecular complexity index is 786. The number of alkyl carbamates (subject to hydrolysis) is 1. The number of allylic oxidation sites excluding steroid dienone is 4. The molecule has 4 aliphatic rings. The summed E-state index contributed by atoms with van der Waals surface area (Å²) in [4.78, 5) is 12.7. The van der Waals surface area contributed by atoms with E-state index < -0.39 is 13.9 Å². The van der Waals surface area contributed by atoms with Crippen LogP contribution < -0.4 is 5.32 Å². The van der Waals surface area contributed by atoms with Crippen LogP contribution in [0.5, 0.6) is 0 Å². The highest BCUT2D eigenvalue weighted by atomic mass is 28.4. The molecule has 3 saturated carbocycles. The zero-order chi connectivity index (χ0) is 23.2. The molecule has 180 valence electrons. The SMILES string of the molecule is CCNC(=O)O[C@]1(CCO[Si](C)(C)C)CC[C@H]2[C@@H]3CCC4=CCC=C[C@]4(C)[C@H]3CC[C@@]21C. The average Bonchev–Trinajstić information content (AvgIpc) is 2.99. The lowest BCUT2D eigenvalue weighted by atomic mass is 9.47. The first-order chi connectivity index (χ1) is 15.0. The van der Waals surface area contributed by atoms with Crippen LogP contribution in [0, 0.1) is 28.6 Å². The molecular formula is C27H45NO3Si. The van der Waals surface area contributed by atoms with Crippen LogP contribution in [0.2, 0.25) is 19.6 Å². The van der Waals surface area contributed by atoms with E-state index in [0.717, 1.165) is 37.5 Å². The lowest BCUT2D eigenvalue weighted by molar-refractivity contribution is -0.131. The summed E-state index contributed by atoms with van der Waals surface area (Å²) in [6.07, 6.45) is 16.1. The first kappa shape index (κ1) is 24.1. The predicted octanol–water partition coefficient (Wildman–Crippen LogP) is 6.84. The number of hydrogen-bond acceptors (Lipinski definition) is 3. The minimum atomic E-state index is -1.61. The Morgan fingerprint density at radius 2 is 1.91 bits per heavy atom. The van der Waals surface area contributed by atoms with Gasteiger partial charge in [-0.05, 0) is 89.3 Å². The highest BCUT2D eigenvalue weighted by molar-refractivity contribution is 6.69. The summed E-state index contributed by atoms with van der Waals surface area (Å²) in [6, 6.07) is 0. The lowest BCUT2D eigenvalue weighted by Gasteiger charge is -2.58. The smallest absolute Gasteiger partial charge is 0.407 e. The first-order valence-corrected chi connectivity index (χ1v) is 16.4. The topological polar surface area (TPSA) is 47.6 Å². The molecule has 3 fully saturated rings. The zero-order valence-corrected chi connectivity index (χ0v) is 22.3. The van der Waals surface area contributed by atoms with Crippen molar-refractivity contribution in [1.29, 1.82) is 0 Å². The van der Waals surface area contributed by atoms with Crippen molar-refractivity contribution in [3.63, 3.8) is 0 Å². The molecule has 0 spiro atoms. The van der Waals surface area contributed by atoms with Crippen molar-refractivity contribution in [2.24, 2.45) is 28.6 Å². The van der Waals surface area contributed by atoms with Crippen LogP contribution in [0.15, 0.2) is 23.8 Å². The fourth-order valence-electron chi connectivity index (χ4n) is 7.94. The van der Waals surface area contributed by atoms with E-state index in [4.69, 9.17) is 9.16 Å². The van der Waals surface area contributed by atoms with E-state index in [2.05, 4.69) is 57.0 Å². The van der Waals surface area contributed by atoms with Gasteiger partial charge in [-0.1, -0.05) is 37.6 Å². The van der Waals surface area contributed by atoms with E-state index in [9.17, 15) is 4.79 Å². The third-order valence-corrected chi connectivity index (χ3v) is 10.6. The predicted molar refractivity (Wildman–Crippen MR) is 133 cm³/mol. The van der Waals surface area contributed by atoms with Crippen LogP contribution in [0.1, 0.15) is 72.1 Å². The third kappa shape index (κ3) is 4.02. The standard InChI is InChI=1S/C27H45NO3Si/c1-7-28-24(29)31-27(18-19-30-32(4,5)6)17-14-23-21-12-11-20-10-8-9-15-25(20,2)22(21)13-16-26(23,27)3/h9-10,15,21-23H,7-8,11-14,16-19H2,1-6H3,(H,28,29)/t21-,22+,23+,25+,26+,27+/m1/s1. The molecular weight excluding hydrogens is 414 g/mol. The third-order valence-electron chi connectivity index (χ3n) is 9.55. The maximum absolute atomic E-state index is 12.7. The Labute approximate surface area is 196 Å². The van der Waals surface area contributed by atoms with Gasteiger partial charge in [-0.25, -0.2) is 4.79 Å². The van der Waals surface area contributed by atoms with E-state index in [-0.39, 0.29) is 16.9 Å². The van der Waals surface area contributed by atoms with Crippen molar-refractivity contribution < 1.29 is 14.0 Å². The Morgan fingerprint density at radius 1 is 1.16 bits per heavy atom. The van der Waals surface area contributed by atoms with Gasteiger partial charge in [0.15, 0.2) is 8.32 Å². The van der Waals surface area contributed by atoms with Gasteiger partial charge in [0.1, 0.15) is 5.60 Å². The fourth-order valence-corrected chi connectivity index (χ4v) is 8.66. The summed E-state index contributed by atoms with van der Waals surface area (Å²) in [6.45, 7) is 14.9. The van der Waals surface area contributed by atoms with Gasteiger partial charge >= 0.3 is 6.09 Å². The maximum Gasteiger partial charge on any atom is 0.407 e.